The van der Waals surface area contributed by atoms with Gasteiger partial charge in [-0.25, -0.2) is 24.9 Å². The molecule has 0 atom stereocenters. The van der Waals surface area contributed by atoms with E-state index >= 15 is 0 Å². The molecule has 0 fully saturated rings. The molecule has 0 unspecified atom stereocenters. The maximum Gasteiger partial charge on any atom is 0.178 e. The van der Waals surface area contributed by atoms with Crippen molar-refractivity contribution in [2.75, 3.05) is 0 Å². The minimum absolute atomic E-state index is 0.642. The molecule has 116 valence electrons. The molecule has 6 nitrogen and oxygen atoms in total. The molecule has 0 bridgehead atoms. The van der Waals surface area contributed by atoms with E-state index in [1.165, 1.54) is 0 Å². The molecular weight excluding hydrogens is 368 g/mol. The molecule has 0 saturated carbocycles. The zero-order chi connectivity index (χ0) is 16.4. The number of aromatic nitrogens is 6. The number of rotatable bonds is 3. The summed E-state index contributed by atoms with van der Waals surface area (Å²) in [5, 5.41) is 0. The van der Waals surface area contributed by atoms with E-state index in [-0.39, 0.29) is 0 Å². The fourth-order valence-electron chi connectivity index (χ4n) is 2.30. The van der Waals surface area contributed by atoms with E-state index in [9.17, 15) is 0 Å². The molecule has 4 aromatic rings. The van der Waals surface area contributed by atoms with Gasteiger partial charge in [0.05, 0.1) is 11.9 Å². The Labute approximate surface area is 145 Å². The average molecular weight is 379 g/mol. The van der Waals surface area contributed by atoms with E-state index in [2.05, 4.69) is 45.8 Å². The molecule has 0 amide bonds. The summed E-state index contributed by atoms with van der Waals surface area (Å²) in [4.78, 5) is 25.8. The van der Waals surface area contributed by atoms with Crippen molar-refractivity contribution in [3.63, 3.8) is 0 Å². The summed E-state index contributed by atoms with van der Waals surface area (Å²) in [6, 6.07) is 3.87. The van der Waals surface area contributed by atoms with Gasteiger partial charge in [0.2, 0.25) is 0 Å². The van der Waals surface area contributed by atoms with Gasteiger partial charge in [-0.05, 0) is 33.6 Å². The Morgan fingerprint density at radius 1 is 0.833 bits per heavy atom. The van der Waals surface area contributed by atoms with Gasteiger partial charge < -0.3 is 0 Å². The van der Waals surface area contributed by atoms with Crippen molar-refractivity contribution < 1.29 is 0 Å². The van der Waals surface area contributed by atoms with Crippen molar-refractivity contribution >= 4 is 44.3 Å². The summed E-state index contributed by atoms with van der Waals surface area (Å²) in [6.07, 6.45) is 13.2. The highest BCUT2D eigenvalue weighted by molar-refractivity contribution is 9.10. The van der Waals surface area contributed by atoms with Crippen LogP contribution in [0.4, 0.5) is 0 Å². The van der Waals surface area contributed by atoms with Crippen molar-refractivity contribution in [1.82, 2.24) is 29.9 Å². The second kappa shape index (κ2) is 6.37. The molecule has 0 aliphatic rings. The molecule has 0 aromatic carbocycles. The molecule has 0 aliphatic heterocycles. The van der Waals surface area contributed by atoms with Crippen LogP contribution in [0.15, 0.2) is 53.7 Å². The van der Waals surface area contributed by atoms with Crippen molar-refractivity contribution in [1.29, 1.82) is 0 Å². The molecular formula is C17H11BrN6. The highest BCUT2D eigenvalue weighted by Crippen LogP contribution is 2.14. The van der Waals surface area contributed by atoms with E-state index in [0.29, 0.717) is 17.7 Å². The predicted octanol–water partition coefficient (Wildman–Crippen LogP) is 3.38. The topological polar surface area (TPSA) is 77.3 Å². The Morgan fingerprint density at radius 2 is 1.62 bits per heavy atom. The first-order chi connectivity index (χ1) is 11.8. The molecule has 4 rings (SSSR count). The Bertz CT molecular complexity index is 1060. The number of hydrogen-bond acceptors (Lipinski definition) is 6. The summed E-state index contributed by atoms with van der Waals surface area (Å²) in [7, 11) is 0. The Balaban J connectivity index is 1.55. The number of hydrogen-bond donors (Lipinski definition) is 0. The van der Waals surface area contributed by atoms with Crippen molar-refractivity contribution in [2.24, 2.45) is 0 Å². The molecule has 0 aliphatic carbocycles. The van der Waals surface area contributed by atoms with Crippen LogP contribution >= 0.6 is 15.9 Å². The monoisotopic (exact) mass is 378 g/mol. The fourth-order valence-corrected chi connectivity index (χ4v) is 2.62. The maximum atomic E-state index is 4.57. The molecule has 7 heteroatoms. The number of nitrogens with zero attached hydrogens (tertiary/aromatic N) is 6. The number of fused-ring (bicyclic) bond motifs is 2. The van der Waals surface area contributed by atoms with E-state index in [1.807, 2.05) is 24.3 Å². The molecule has 4 heterocycles. The third-order valence-corrected chi connectivity index (χ3v) is 3.83. The predicted molar refractivity (Wildman–Crippen MR) is 95.1 cm³/mol. The van der Waals surface area contributed by atoms with Gasteiger partial charge in [0.25, 0.3) is 0 Å². The SMILES string of the molecule is Brc1cnc2ncc(C/C=C/c3cnc4nccnc4c3)nc2c1. The summed E-state index contributed by atoms with van der Waals surface area (Å²) < 4.78 is 0.889. The highest BCUT2D eigenvalue weighted by atomic mass is 79.9. The lowest BCUT2D eigenvalue weighted by molar-refractivity contribution is 1.09. The smallest absolute Gasteiger partial charge is 0.178 e. The maximum absolute atomic E-state index is 4.57. The minimum atomic E-state index is 0.642. The molecule has 0 spiro atoms. The molecule has 4 aromatic heterocycles. The van der Waals surface area contributed by atoms with Crippen LogP contribution in [0.2, 0.25) is 0 Å². The average Bonchev–Trinajstić information content (AvgIpc) is 2.61. The second-order valence-electron chi connectivity index (χ2n) is 5.13. The van der Waals surface area contributed by atoms with E-state index in [4.69, 9.17) is 0 Å². The van der Waals surface area contributed by atoms with E-state index in [0.717, 1.165) is 26.8 Å². The fraction of sp³-hybridized carbons (Fsp3) is 0.0588. The van der Waals surface area contributed by atoms with Crippen LogP contribution in [-0.2, 0) is 6.42 Å². The summed E-state index contributed by atoms with van der Waals surface area (Å²) in [6.45, 7) is 0. The molecule has 0 saturated heterocycles. The van der Waals surface area contributed by atoms with Crippen molar-refractivity contribution in [2.45, 2.75) is 6.42 Å². The lowest BCUT2D eigenvalue weighted by atomic mass is 10.2. The van der Waals surface area contributed by atoms with Crippen molar-refractivity contribution in [3.8, 4) is 0 Å². The standard InChI is InChI=1S/C17H11BrN6/c18-12-7-15-17(22-9-12)23-10-13(24-15)3-1-2-11-6-14-16(21-8-11)20-5-4-19-14/h1-2,4-10H,3H2/b2-1+. The first kappa shape index (κ1) is 14.8. The zero-order valence-electron chi connectivity index (χ0n) is 12.5. The van der Waals surface area contributed by atoms with E-state index in [1.54, 1.807) is 31.0 Å². The third-order valence-electron chi connectivity index (χ3n) is 3.40. The van der Waals surface area contributed by atoms with Crippen LogP contribution in [0, 0.1) is 0 Å². The van der Waals surface area contributed by atoms with Gasteiger partial charge in [-0.1, -0.05) is 12.2 Å². The van der Waals surface area contributed by atoms with Gasteiger partial charge in [-0.2, -0.15) is 0 Å². The van der Waals surface area contributed by atoms with Gasteiger partial charge in [-0.15, -0.1) is 0 Å². The van der Waals surface area contributed by atoms with Crippen molar-refractivity contribution in [3.05, 3.63) is 64.9 Å². The van der Waals surface area contributed by atoms with Crippen LogP contribution in [-0.4, -0.2) is 29.9 Å². The normalized spacial score (nSPS) is 11.5. The third kappa shape index (κ3) is 3.11. The van der Waals surface area contributed by atoms with Gasteiger partial charge in [0.1, 0.15) is 11.0 Å². The van der Waals surface area contributed by atoms with Gasteiger partial charge in [0, 0.05) is 35.7 Å². The lowest BCUT2D eigenvalue weighted by Crippen LogP contribution is -1.93. The largest absolute Gasteiger partial charge is 0.251 e. The minimum Gasteiger partial charge on any atom is -0.251 e. The number of halogens is 1. The van der Waals surface area contributed by atoms with Crippen LogP contribution in [0.1, 0.15) is 11.3 Å². The van der Waals surface area contributed by atoms with E-state index < -0.39 is 0 Å². The molecule has 0 N–H and O–H groups in total. The van der Waals surface area contributed by atoms with Crippen LogP contribution in [0.3, 0.4) is 0 Å². The Hall–Kier alpha value is -2.80. The zero-order valence-corrected chi connectivity index (χ0v) is 14.1. The quantitative estimate of drug-likeness (QED) is 0.543. The first-order valence-corrected chi connectivity index (χ1v) is 8.08. The Morgan fingerprint density at radius 3 is 2.58 bits per heavy atom. The van der Waals surface area contributed by atoms with Gasteiger partial charge >= 0.3 is 0 Å². The van der Waals surface area contributed by atoms with Gasteiger partial charge in [0.15, 0.2) is 11.3 Å². The summed E-state index contributed by atoms with van der Waals surface area (Å²) >= 11 is 3.40. The summed E-state index contributed by atoms with van der Waals surface area (Å²) in [5.74, 6) is 0. The second-order valence-corrected chi connectivity index (χ2v) is 6.05. The number of pyridine rings is 2. The number of allylic oxidation sites excluding steroid dienone is 1. The molecule has 24 heavy (non-hydrogen) atoms. The van der Waals surface area contributed by atoms with Crippen LogP contribution in [0.25, 0.3) is 28.4 Å². The van der Waals surface area contributed by atoms with Gasteiger partial charge in [-0.3, -0.25) is 4.98 Å². The van der Waals surface area contributed by atoms with Crippen LogP contribution < -0.4 is 0 Å². The first-order valence-electron chi connectivity index (χ1n) is 7.28. The van der Waals surface area contributed by atoms with Crippen LogP contribution in [0.5, 0.6) is 0 Å². The lowest BCUT2D eigenvalue weighted by Gasteiger charge is -2.00. The molecule has 0 radical (unpaired) electrons. The Kier molecular flexibility index (Phi) is 3.92. The summed E-state index contributed by atoms with van der Waals surface area (Å²) in [5.41, 5.74) is 4.70. The highest BCUT2D eigenvalue weighted by Gasteiger charge is 2.01.